The maximum absolute atomic E-state index is 12.9. The molecule has 2 rings (SSSR count). The van der Waals surface area contributed by atoms with Gasteiger partial charge >= 0.3 is 5.97 Å². The van der Waals surface area contributed by atoms with Crippen molar-refractivity contribution < 1.29 is 33.7 Å². The van der Waals surface area contributed by atoms with Crippen molar-refractivity contribution in [3.05, 3.63) is 47.5 Å². The first-order valence-corrected chi connectivity index (χ1v) is 10.3. The van der Waals surface area contributed by atoms with E-state index in [2.05, 4.69) is 10.6 Å². The third-order valence-corrected chi connectivity index (χ3v) is 4.56. The van der Waals surface area contributed by atoms with E-state index < -0.39 is 29.9 Å². The van der Waals surface area contributed by atoms with Crippen molar-refractivity contribution >= 4 is 17.8 Å². The Kier molecular flexibility index (Phi) is 10.7. The molecule has 1 aliphatic heterocycles. The Balaban J connectivity index is 2.08. The van der Waals surface area contributed by atoms with Gasteiger partial charge in [0.25, 0.3) is 11.8 Å². The number of amides is 2. The summed E-state index contributed by atoms with van der Waals surface area (Å²) < 4.78 is 15.8. The number of carbonyl (C=O) groups is 3. The van der Waals surface area contributed by atoms with Gasteiger partial charge in [-0.1, -0.05) is 30.4 Å². The molecule has 0 saturated heterocycles. The van der Waals surface area contributed by atoms with E-state index >= 15 is 0 Å². The molecular weight excluding hydrogens is 404 g/mol. The van der Waals surface area contributed by atoms with Crippen molar-refractivity contribution in [2.24, 2.45) is 0 Å². The highest BCUT2D eigenvalue weighted by Gasteiger charge is 2.27. The number of carbonyl (C=O) groups excluding carboxylic acids is 3. The normalized spacial score (nSPS) is 19.8. The molecule has 31 heavy (non-hydrogen) atoms. The molecule has 2 atom stereocenters. The van der Waals surface area contributed by atoms with Crippen molar-refractivity contribution in [2.75, 3.05) is 33.0 Å². The smallest absolute Gasteiger partial charge is 0.307 e. The molecule has 1 aromatic carbocycles. The molecule has 1 aromatic rings. The van der Waals surface area contributed by atoms with Crippen LogP contribution in [-0.2, 0) is 30.4 Å². The average Bonchev–Trinajstić information content (AvgIpc) is 2.76. The van der Waals surface area contributed by atoms with Gasteiger partial charge in [0.05, 0.1) is 45.5 Å². The van der Waals surface area contributed by atoms with Crippen LogP contribution in [0.15, 0.2) is 36.4 Å². The number of hydrogen-bond donors (Lipinski definition) is 3. The van der Waals surface area contributed by atoms with E-state index in [-0.39, 0.29) is 32.6 Å². The molecule has 2 amide bonds. The number of aliphatic hydroxyl groups excluding tert-OH is 1. The number of benzene rings is 1. The minimum Gasteiger partial charge on any atom is -0.466 e. The summed E-state index contributed by atoms with van der Waals surface area (Å²) in [5.41, 5.74) is 1.10. The zero-order valence-corrected chi connectivity index (χ0v) is 17.7. The number of aliphatic hydroxyl groups is 1. The van der Waals surface area contributed by atoms with Gasteiger partial charge in [-0.3, -0.25) is 14.4 Å². The van der Waals surface area contributed by atoms with Crippen molar-refractivity contribution in [2.45, 2.75) is 38.5 Å². The minimum atomic E-state index is -1.51. The average molecular weight is 434 g/mol. The third-order valence-electron chi connectivity index (χ3n) is 4.56. The van der Waals surface area contributed by atoms with E-state index in [0.29, 0.717) is 30.9 Å². The van der Waals surface area contributed by atoms with Gasteiger partial charge < -0.3 is 30.0 Å². The summed E-state index contributed by atoms with van der Waals surface area (Å²) in [4.78, 5) is 36.6. The predicted molar refractivity (Wildman–Crippen MR) is 112 cm³/mol. The van der Waals surface area contributed by atoms with Crippen LogP contribution in [0.4, 0.5) is 0 Å². The van der Waals surface area contributed by atoms with Gasteiger partial charge in [-0.05, 0) is 25.0 Å². The SMILES string of the molecule is CCOC(=O)CCNC(=O)C(O)[C@@H]1C/C=C\COCCOCc2ccccc2C(=O)N1. The number of ether oxygens (including phenoxy) is 3. The van der Waals surface area contributed by atoms with Crippen LogP contribution >= 0.6 is 0 Å². The van der Waals surface area contributed by atoms with Gasteiger partial charge in [0, 0.05) is 12.1 Å². The van der Waals surface area contributed by atoms with Crippen molar-refractivity contribution in [3.8, 4) is 0 Å². The second-order valence-electron chi connectivity index (χ2n) is 6.86. The molecule has 170 valence electrons. The molecule has 3 N–H and O–H groups in total. The first kappa shape index (κ1) is 24.5. The van der Waals surface area contributed by atoms with E-state index in [9.17, 15) is 19.5 Å². The lowest BCUT2D eigenvalue weighted by molar-refractivity contribution is -0.143. The summed E-state index contributed by atoms with van der Waals surface area (Å²) in [5.74, 6) is -1.54. The van der Waals surface area contributed by atoms with Crippen molar-refractivity contribution in [3.63, 3.8) is 0 Å². The molecule has 1 heterocycles. The number of fused-ring (bicyclic) bond motifs is 1. The van der Waals surface area contributed by atoms with Crippen molar-refractivity contribution in [1.29, 1.82) is 0 Å². The van der Waals surface area contributed by atoms with E-state index in [4.69, 9.17) is 14.2 Å². The summed E-state index contributed by atoms with van der Waals surface area (Å²) >= 11 is 0. The van der Waals surface area contributed by atoms with Gasteiger partial charge in [0.1, 0.15) is 0 Å². The molecular formula is C22H30N2O7. The lowest BCUT2D eigenvalue weighted by Gasteiger charge is -2.23. The molecule has 0 aliphatic carbocycles. The van der Waals surface area contributed by atoms with Crippen LogP contribution in [-0.4, -0.2) is 68.0 Å². The van der Waals surface area contributed by atoms with Crippen LogP contribution in [0.2, 0.25) is 0 Å². The van der Waals surface area contributed by atoms with Crippen LogP contribution < -0.4 is 10.6 Å². The standard InChI is InChI=1S/C22H30N2O7/c1-2-31-19(25)10-11-23-22(28)20(26)18-9-5-6-12-29-13-14-30-15-16-7-3-4-8-17(16)21(27)24-18/h3-8,18,20,26H,2,9-15H2,1H3,(H,23,28)(H,24,27)/b6-5-/t18-,20?/m0/s1. The molecule has 0 fully saturated rings. The summed E-state index contributed by atoms with van der Waals surface area (Å²) in [6, 6.07) is 6.12. The zero-order chi connectivity index (χ0) is 22.5. The Labute approximate surface area is 181 Å². The van der Waals surface area contributed by atoms with E-state index in [0.717, 1.165) is 0 Å². The summed E-state index contributed by atoms with van der Waals surface area (Å²) in [5, 5.41) is 15.8. The van der Waals surface area contributed by atoms with Crippen molar-refractivity contribution in [1.82, 2.24) is 10.6 Å². The fourth-order valence-corrected chi connectivity index (χ4v) is 2.95. The Bertz CT molecular complexity index is 766. The van der Waals surface area contributed by atoms with Gasteiger partial charge in [-0.2, -0.15) is 0 Å². The Morgan fingerprint density at radius 3 is 2.84 bits per heavy atom. The van der Waals surface area contributed by atoms with E-state index in [1.54, 1.807) is 43.3 Å². The third kappa shape index (κ3) is 8.49. The second kappa shape index (κ2) is 13.5. The first-order chi connectivity index (χ1) is 15.0. The topological polar surface area (TPSA) is 123 Å². The molecule has 0 aromatic heterocycles. The van der Waals surface area contributed by atoms with Gasteiger partial charge in [-0.15, -0.1) is 0 Å². The number of rotatable bonds is 6. The first-order valence-electron chi connectivity index (χ1n) is 10.3. The Hall–Kier alpha value is -2.75. The van der Waals surface area contributed by atoms with Crippen LogP contribution in [0, 0.1) is 0 Å². The van der Waals surface area contributed by atoms with E-state index in [1.807, 2.05) is 0 Å². The van der Waals surface area contributed by atoms with Gasteiger partial charge in [0.15, 0.2) is 6.10 Å². The number of nitrogens with one attached hydrogen (secondary N) is 2. The minimum absolute atomic E-state index is 0.00601. The molecule has 1 unspecified atom stereocenters. The summed E-state index contributed by atoms with van der Waals surface area (Å²) in [6.45, 7) is 3.38. The van der Waals surface area contributed by atoms with Crippen LogP contribution in [0.3, 0.4) is 0 Å². The van der Waals surface area contributed by atoms with Gasteiger partial charge in [0.2, 0.25) is 0 Å². The molecule has 9 heteroatoms. The maximum Gasteiger partial charge on any atom is 0.307 e. The molecule has 1 aliphatic rings. The zero-order valence-electron chi connectivity index (χ0n) is 17.7. The monoisotopic (exact) mass is 434 g/mol. The molecule has 0 bridgehead atoms. The number of esters is 1. The molecule has 9 nitrogen and oxygen atoms in total. The molecule has 0 radical (unpaired) electrons. The highest BCUT2D eigenvalue weighted by molar-refractivity contribution is 5.96. The maximum atomic E-state index is 12.9. The van der Waals surface area contributed by atoms with E-state index in [1.165, 1.54) is 0 Å². The lowest BCUT2D eigenvalue weighted by atomic mass is 10.0. The van der Waals surface area contributed by atoms with Crippen LogP contribution in [0.1, 0.15) is 35.7 Å². The quantitative estimate of drug-likeness (QED) is 0.445. The number of hydrogen-bond acceptors (Lipinski definition) is 7. The summed E-state index contributed by atoms with van der Waals surface area (Å²) in [6.07, 6.45) is 2.20. The second-order valence-corrected chi connectivity index (χ2v) is 6.86. The lowest BCUT2D eigenvalue weighted by Crippen LogP contribution is -2.50. The largest absolute Gasteiger partial charge is 0.466 e. The molecule has 0 saturated carbocycles. The Morgan fingerprint density at radius 1 is 1.26 bits per heavy atom. The predicted octanol–water partition coefficient (Wildman–Crippen LogP) is 0.708. The van der Waals surface area contributed by atoms with Crippen LogP contribution in [0.5, 0.6) is 0 Å². The summed E-state index contributed by atoms with van der Waals surface area (Å²) in [7, 11) is 0. The fourth-order valence-electron chi connectivity index (χ4n) is 2.95. The van der Waals surface area contributed by atoms with Crippen LogP contribution in [0.25, 0.3) is 0 Å². The van der Waals surface area contributed by atoms with Gasteiger partial charge in [-0.25, -0.2) is 0 Å². The highest BCUT2D eigenvalue weighted by atomic mass is 16.5. The molecule has 0 spiro atoms. The highest BCUT2D eigenvalue weighted by Crippen LogP contribution is 2.12. The Morgan fingerprint density at radius 2 is 2.03 bits per heavy atom. The fraction of sp³-hybridized carbons (Fsp3) is 0.500.